The highest BCUT2D eigenvalue weighted by Gasteiger charge is 2.40. The van der Waals surface area contributed by atoms with Gasteiger partial charge in [-0.05, 0) is 115 Å². The van der Waals surface area contributed by atoms with Crippen LogP contribution in [0.4, 0.5) is 4.79 Å². The van der Waals surface area contributed by atoms with E-state index >= 15 is 0 Å². The van der Waals surface area contributed by atoms with E-state index in [1.165, 1.54) is 0 Å². The monoisotopic (exact) mass is 650 g/mol. The molecule has 0 unspecified atom stereocenters. The maximum atomic E-state index is 12.9. The van der Waals surface area contributed by atoms with Crippen LogP contribution in [-0.4, -0.2) is 63.4 Å². The van der Waals surface area contributed by atoms with Gasteiger partial charge in [-0.25, -0.2) is 4.79 Å². The first-order valence-electron chi connectivity index (χ1n) is 16.1. The molecular weight excluding hydrogens is 597 g/mol. The van der Waals surface area contributed by atoms with Crippen molar-refractivity contribution in [3.63, 3.8) is 0 Å². The molecule has 0 bridgehead atoms. The van der Waals surface area contributed by atoms with Crippen LogP contribution in [-0.2, 0) is 39.4 Å². The summed E-state index contributed by atoms with van der Waals surface area (Å²) in [5.41, 5.74) is 3.98. The molecule has 0 saturated carbocycles. The van der Waals surface area contributed by atoms with Crippen LogP contribution in [0.25, 0.3) is 0 Å². The lowest BCUT2D eigenvalue weighted by atomic mass is 10.0. The number of benzene rings is 2. The summed E-state index contributed by atoms with van der Waals surface area (Å²) in [4.78, 5) is 12.9. The summed E-state index contributed by atoms with van der Waals surface area (Å²) in [7, 11) is -5.42. The van der Waals surface area contributed by atoms with E-state index < -0.39 is 23.8 Å². The maximum Gasteiger partial charge on any atom is 0.519 e. The zero-order valence-electron chi connectivity index (χ0n) is 28.1. The van der Waals surface area contributed by atoms with Crippen molar-refractivity contribution < 1.29 is 40.8 Å². The zero-order valence-corrected chi connectivity index (χ0v) is 30.1. The molecule has 0 N–H and O–H groups in total. The third-order valence-electron chi connectivity index (χ3n) is 7.22. The van der Waals surface area contributed by atoms with Gasteiger partial charge in [0.15, 0.2) is 0 Å². The second-order valence-electron chi connectivity index (χ2n) is 10.2. The standard InChI is InChI=1S/C33H54O9Si2/c1-9-35-43(36-10-2,37-11-3)25-17-21-29-19-15-23-31(27(29)7)41-33(34)42-32-24-16-20-30(28(32)8)22-18-26-44(38-12-4,39-13-5)40-14-6/h15-16,19-20,23-24H,9-14,17-18,21-22,25-26H2,1-8H3. The summed E-state index contributed by atoms with van der Waals surface area (Å²) in [6.45, 7) is 19.0. The first-order chi connectivity index (χ1) is 21.2. The van der Waals surface area contributed by atoms with Gasteiger partial charge in [-0.15, -0.1) is 0 Å². The van der Waals surface area contributed by atoms with Crippen LogP contribution < -0.4 is 9.47 Å². The van der Waals surface area contributed by atoms with Crippen molar-refractivity contribution in [3.8, 4) is 11.5 Å². The molecule has 0 atom stereocenters. The molecule has 0 aliphatic carbocycles. The average molecular weight is 651 g/mol. The van der Waals surface area contributed by atoms with Gasteiger partial charge >= 0.3 is 23.8 Å². The van der Waals surface area contributed by atoms with Gasteiger partial charge < -0.3 is 36.0 Å². The third-order valence-corrected chi connectivity index (χ3v) is 13.5. The Morgan fingerprint density at radius 1 is 0.545 bits per heavy atom. The minimum absolute atomic E-state index is 0.480. The fraction of sp³-hybridized carbons (Fsp3) is 0.606. The van der Waals surface area contributed by atoms with Crippen LogP contribution >= 0.6 is 0 Å². The first kappa shape index (κ1) is 38.1. The highest BCUT2D eigenvalue weighted by atomic mass is 28.4. The second-order valence-corrected chi connectivity index (χ2v) is 15.7. The van der Waals surface area contributed by atoms with Crippen molar-refractivity contribution in [2.45, 2.75) is 93.2 Å². The summed E-state index contributed by atoms with van der Waals surface area (Å²) in [5, 5.41) is 0. The Morgan fingerprint density at radius 3 is 1.16 bits per heavy atom. The van der Waals surface area contributed by atoms with Crippen molar-refractivity contribution in [2.24, 2.45) is 0 Å². The van der Waals surface area contributed by atoms with Crippen LogP contribution in [0.15, 0.2) is 36.4 Å². The number of carbonyl (C=O) groups excluding carboxylic acids is 1. The molecular formula is C33H54O9Si2. The van der Waals surface area contributed by atoms with E-state index in [-0.39, 0.29) is 0 Å². The Morgan fingerprint density at radius 2 is 0.864 bits per heavy atom. The molecule has 9 nitrogen and oxygen atoms in total. The molecule has 0 aromatic heterocycles. The minimum Gasteiger partial charge on any atom is -0.394 e. The predicted octanol–water partition coefficient (Wildman–Crippen LogP) is 7.84. The van der Waals surface area contributed by atoms with Gasteiger partial charge in [0.2, 0.25) is 0 Å². The van der Waals surface area contributed by atoms with Gasteiger partial charge in [-0.2, -0.15) is 0 Å². The molecule has 2 aromatic carbocycles. The van der Waals surface area contributed by atoms with Gasteiger partial charge in [0, 0.05) is 51.7 Å². The molecule has 2 rings (SSSR count). The van der Waals surface area contributed by atoms with Gasteiger partial charge in [0.1, 0.15) is 11.5 Å². The molecule has 0 aliphatic heterocycles. The average Bonchev–Trinajstić information content (AvgIpc) is 2.98. The fourth-order valence-corrected chi connectivity index (χ4v) is 10.5. The summed E-state index contributed by atoms with van der Waals surface area (Å²) >= 11 is 0. The number of hydrogen-bond donors (Lipinski definition) is 0. The minimum atomic E-state index is -2.71. The lowest BCUT2D eigenvalue weighted by molar-refractivity contribution is 0.0700. The predicted molar refractivity (Wildman–Crippen MR) is 177 cm³/mol. The number of carbonyl (C=O) groups is 1. The first-order valence-corrected chi connectivity index (χ1v) is 20.0. The molecule has 0 amide bonds. The van der Waals surface area contributed by atoms with Crippen LogP contribution in [0, 0.1) is 13.8 Å². The third kappa shape index (κ3) is 11.7. The molecule has 0 spiro atoms. The van der Waals surface area contributed by atoms with Crippen LogP contribution in [0.3, 0.4) is 0 Å². The summed E-state index contributed by atoms with van der Waals surface area (Å²) in [6, 6.07) is 12.9. The number of rotatable bonds is 22. The Kier molecular flexibility index (Phi) is 17.4. The summed E-state index contributed by atoms with van der Waals surface area (Å²) < 4.78 is 47.3. The van der Waals surface area contributed by atoms with Gasteiger partial charge in [0.05, 0.1) is 0 Å². The summed E-state index contributed by atoms with van der Waals surface area (Å²) in [5.74, 6) is 0.960. The van der Waals surface area contributed by atoms with E-state index in [1.807, 2.05) is 79.7 Å². The Bertz CT molecular complexity index is 1010. The fourth-order valence-electron chi connectivity index (χ4n) is 5.28. The Hall–Kier alpha value is -2.10. The van der Waals surface area contributed by atoms with E-state index in [0.717, 1.165) is 60.0 Å². The largest absolute Gasteiger partial charge is 0.519 e. The number of aryl methyl sites for hydroxylation is 2. The highest BCUT2D eigenvalue weighted by molar-refractivity contribution is 6.61. The number of ether oxygens (including phenoxy) is 2. The molecule has 0 heterocycles. The summed E-state index contributed by atoms with van der Waals surface area (Å²) in [6.07, 6.45) is 2.45. The number of hydrogen-bond acceptors (Lipinski definition) is 9. The molecule has 248 valence electrons. The van der Waals surface area contributed by atoms with E-state index in [9.17, 15) is 4.79 Å². The van der Waals surface area contributed by atoms with Crippen molar-refractivity contribution in [1.82, 2.24) is 0 Å². The van der Waals surface area contributed by atoms with Gasteiger partial charge in [-0.1, -0.05) is 24.3 Å². The highest BCUT2D eigenvalue weighted by Crippen LogP contribution is 2.28. The van der Waals surface area contributed by atoms with Crippen molar-refractivity contribution in [1.29, 1.82) is 0 Å². The Labute approximate surface area is 267 Å². The smallest absolute Gasteiger partial charge is 0.394 e. The normalized spacial score (nSPS) is 12.0. The lowest BCUT2D eigenvalue weighted by Gasteiger charge is -2.28. The van der Waals surface area contributed by atoms with E-state index in [1.54, 1.807) is 12.1 Å². The maximum absolute atomic E-state index is 12.9. The van der Waals surface area contributed by atoms with E-state index in [4.69, 9.17) is 36.0 Å². The quantitative estimate of drug-likeness (QED) is 0.0718. The molecule has 44 heavy (non-hydrogen) atoms. The Balaban J connectivity index is 2.03. The molecule has 11 heteroatoms. The van der Waals surface area contributed by atoms with Gasteiger partial charge in [-0.3, -0.25) is 0 Å². The molecule has 0 saturated heterocycles. The second kappa shape index (κ2) is 20.1. The van der Waals surface area contributed by atoms with Gasteiger partial charge in [0.25, 0.3) is 0 Å². The van der Waals surface area contributed by atoms with E-state index in [0.29, 0.717) is 51.1 Å². The van der Waals surface area contributed by atoms with Crippen molar-refractivity contribution in [2.75, 3.05) is 39.6 Å². The van der Waals surface area contributed by atoms with Crippen LogP contribution in [0.5, 0.6) is 11.5 Å². The molecule has 0 aliphatic rings. The lowest BCUT2D eigenvalue weighted by Crippen LogP contribution is -2.46. The SMILES string of the molecule is CCO[Si](CCCc1cccc(OC(=O)Oc2cccc(CCC[Si](OCC)(OCC)OCC)c2C)c1C)(OCC)OCC. The topological polar surface area (TPSA) is 90.9 Å². The van der Waals surface area contributed by atoms with Crippen LogP contribution in [0.2, 0.25) is 12.1 Å². The van der Waals surface area contributed by atoms with E-state index in [2.05, 4.69) is 0 Å². The van der Waals surface area contributed by atoms with Crippen molar-refractivity contribution in [3.05, 3.63) is 58.7 Å². The molecule has 0 radical (unpaired) electrons. The molecule has 0 fully saturated rings. The van der Waals surface area contributed by atoms with Crippen LogP contribution in [0.1, 0.15) is 76.6 Å². The van der Waals surface area contributed by atoms with Crippen molar-refractivity contribution >= 4 is 23.8 Å². The molecule has 2 aromatic rings. The zero-order chi connectivity index (χ0) is 32.4.